The Morgan fingerprint density at radius 3 is 1.20 bits per heavy atom. The number of hydrogen-bond acceptors (Lipinski definition) is 26. The molecule has 4 N–H and O–H groups in total. The number of cyclic esters (lactones) is 3. The first kappa shape index (κ1) is 81.0. The number of amides is 3. The first-order valence-corrected chi connectivity index (χ1v) is 34.2. The molecule has 3 amide bonds. The average Bonchev–Trinajstić information content (AvgIpc) is 1.04. The molecule has 6 aromatic rings. The van der Waals surface area contributed by atoms with Crippen molar-refractivity contribution in [2.75, 3.05) is 94.2 Å². The molecule has 3 aromatic carbocycles. The van der Waals surface area contributed by atoms with Crippen LogP contribution in [0.2, 0.25) is 0 Å². The van der Waals surface area contributed by atoms with Crippen LogP contribution in [0.4, 0.5) is 0 Å². The molecule has 3 saturated heterocycles. The Hall–Kier alpha value is -10.3. The van der Waals surface area contributed by atoms with Gasteiger partial charge in [0.25, 0.3) is 17.7 Å². The Bertz CT molecular complexity index is 3720. The summed E-state index contributed by atoms with van der Waals surface area (Å²) in [5.41, 5.74) is 2.80. The second-order valence-corrected chi connectivity index (χ2v) is 24.1. The maximum Gasteiger partial charge on any atom is 0.337 e. The normalized spacial score (nSPS) is 20.7. The van der Waals surface area contributed by atoms with Crippen LogP contribution in [0, 0.1) is 17.8 Å². The van der Waals surface area contributed by atoms with E-state index in [2.05, 4.69) is 30.9 Å². The number of nitrogens with zero attached hydrogens (tertiary/aromatic N) is 3. The molecule has 3 fully saturated rings. The van der Waals surface area contributed by atoms with E-state index in [1.165, 1.54) is 58.1 Å². The van der Waals surface area contributed by atoms with Crippen molar-refractivity contribution in [1.82, 2.24) is 30.9 Å². The van der Waals surface area contributed by atoms with Gasteiger partial charge in [0.2, 0.25) is 12.5 Å². The van der Waals surface area contributed by atoms with Crippen molar-refractivity contribution in [3.8, 4) is 34.5 Å². The van der Waals surface area contributed by atoms with Crippen LogP contribution < -0.4 is 39.6 Å². The van der Waals surface area contributed by atoms with Gasteiger partial charge in [-0.25, -0.2) is 38.9 Å². The number of methoxy groups -OCH3 is 3. The van der Waals surface area contributed by atoms with E-state index in [1.807, 2.05) is 112 Å². The number of pyridine rings is 3. The Morgan fingerprint density at radius 2 is 0.817 bits per heavy atom. The Labute approximate surface area is 603 Å². The standard InChI is InChI=1S/C27H34N2O9.C26H32N2O8.C22H26N2O6/c1-4-34-16-23(30)36-17-37-25-22(33-3)10-12-28-24(25)26(31)29-21-11-13-35-15-20(18(2)38-27(21)32)14-19-8-6-5-7-9-19;1-4-33-16-22(29)36-24-21(32-3)10-12-27-23(24)25(30)28-20-11-13-34-15-19(17(2)35-26(20)31)14-18-8-6-5-7-9-18;1-14-16(12-15-6-4-3-5-7-15)13-29-11-9-17(22(27)30-14)24-21(26)19-20(25)18(28-2)8-10-23-19/h5-10,12,18,20-21H,4,11,13-17H2,1-3H3,(H,29,31);5-10,12,17,19-20H,4,11,13-16H2,1-3H3,(H,28,30);3-8,10,14,16-17,25H,9,11-13H2,1-2H3,(H,24,26)/t18-,20+,21-;17-,19+,20-;14-,16+,17-/m000/s1. The van der Waals surface area contributed by atoms with Crippen molar-refractivity contribution in [1.29, 1.82) is 0 Å². The van der Waals surface area contributed by atoms with Gasteiger partial charge in [0.1, 0.15) is 49.7 Å². The molecule has 0 saturated carbocycles. The van der Waals surface area contributed by atoms with E-state index >= 15 is 0 Å². The van der Waals surface area contributed by atoms with Crippen LogP contribution in [-0.2, 0) is 85.9 Å². The van der Waals surface area contributed by atoms with Crippen LogP contribution in [0.1, 0.15) is 102 Å². The van der Waals surface area contributed by atoms with E-state index in [-0.39, 0.29) is 122 Å². The molecule has 0 unspecified atom stereocenters. The molecule has 9 atom stereocenters. The van der Waals surface area contributed by atoms with Crippen LogP contribution in [0.25, 0.3) is 0 Å². The predicted octanol–water partition coefficient (Wildman–Crippen LogP) is 6.76. The monoisotopic (exact) mass is 1440 g/mol. The number of aromatic hydroxyl groups is 1. The first-order valence-electron chi connectivity index (χ1n) is 34.2. The molecular formula is C75H92N6O23. The summed E-state index contributed by atoms with van der Waals surface area (Å²) in [6.45, 7) is 10.7. The van der Waals surface area contributed by atoms with E-state index in [1.54, 1.807) is 13.8 Å². The van der Waals surface area contributed by atoms with E-state index in [4.69, 9.17) is 66.3 Å². The molecule has 29 heteroatoms. The number of carbonyl (C=O) groups excluding carboxylic acids is 8. The van der Waals surface area contributed by atoms with E-state index in [0.717, 1.165) is 16.7 Å². The zero-order valence-corrected chi connectivity index (χ0v) is 59.6. The van der Waals surface area contributed by atoms with Crippen molar-refractivity contribution in [3.05, 3.63) is 162 Å². The lowest BCUT2D eigenvalue weighted by atomic mass is 9.95. The fourth-order valence-corrected chi connectivity index (χ4v) is 10.9. The maximum atomic E-state index is 13.2. The molecule has 0 radical (unpaired) electrons. The molecule has 560 valence electrons. The highest BCUT2D eigenvalue weighted by Gasteiger charge is 2.36. The molecule has 6 heterocycles. The third-order valence-corrected chi connectivity index (χ3v) is 16.8. The van der Waals surface area contributed by atoms with Gasteiger partial charge >= 0.3 is 29.8 Å². The van der Waals surface area contributed by atoms with Crippen LogP contribution in [0.5, 0.6) is 34.5 Å². The zero-order valence-electron chi connectivity index (χ0n) is 59.6. The quantitative estimate of drug-likeness (QED) is 0.0261. The summed E-state index contributed by atoms with van der Waals surface area (Å²) in [4.78, 5) is 113. The minimum atomic E-state index is -0.976. The van der Waals surface area contributed by atoms with Gasteiger partial charge < -0.3 is 87.4 Å². The van der Waals surface area contributed by atoms with Crippen LogP contribution >= 0.6 is 0 Å². The number of hydrogen-bond donors (Lipinski definition) is 4. The van der Waals surface area contributed by atoms with Gasteiger partial charge in [-0.15, -0.1) is 0 Å². The number of rotatable bonds is 25. The lowest BCUT2D eigenvalue weighted by Crippen LogP contribution is -2.44. The lowest BCUT2D eigenvalue weighted by Gasteiger charge is -2.24. The van der Waals surface area contributed by atoms with Crippen LogP contribution in [-0.4, -0.2) is 198 Å². The third-order valence-electron chi connectivity index (χ3n) is 16.8. The highest BCUT2D eigenvalue weighted by Crippen LogP contribution is 2.33. The van der Waals surface area contributed by atoms with Gasteiger partial charge in [0.15, 0.2) is 45.8 Å². The number of nitrogens with one attached hydrogen (secondary N) is 3. The molecule has 104 heavy (non-hydrogen) atoms. The number of carbonyl (C=O) groups is 8. The summed E-state index contributed by atoms with van der Waals surface area (Å²) in [6.07, 6.45) is 5.56. The number of ether oxygens (including phenoxy) is 14. The molecule has 29 nitrogen and oxygen atoms in total. The molecule has 3 aliphatic rings. The van der Waals surface area contributed by atoms with Crippen LogP contribution in [0.3, 0.4) is 0 Å². The summed E-state index contributed by atoms with van der Waals surface area (Å²) in [6, 6.07) is 31.3. The van der Waals surface area contributed by atoms with Gasteiger partial charge in [-0.05, 0) is 70.6 Å². The van der Waals surface area contributed by atoms with E-state index in [0.29, 0.717) is 52.3 Å². The Morgan fingerprint density at radius 1 is 0.471 bits per heavy atom. The Balaban J connectivity index is 0.000000220. The van der Waals surface area contributed by atoms with Gasteiger partial charge in [-0.3, -0.25) is 14.4 Å². The summed E-state index contributed by atoms with van der Waals surface area (Å²) < 4.78 is 75.8. The fourth-order valence-electron chi connectivity index (χ4n) is 10.9. The van der Waals surface area contributed by atoms with E-state index < -0.39 is 90.8 Å². The lowest BCUT2D eigenvalue weighted by molar-refractivity contribution is -0.156. The topological polar surface area (TPSA) is 361 Å². The highest BCUT2D eigenvalue weighted by atomic mass is 16.7. The molecular weight excluding hydrogens is 1350 g/mol. The van der Waals surface area contributed by atoms with Crippen molar-refractivity contribution in [3.63, 3.8) is 0 Å². The van der Waals surface area contributed by atoms with Crippen molar-refractivity contribution in [2.24, 2.45) is 17.8 Å². The molecule has 3 aromatic heterocycles. The second kappa shape index (κ2) is 42.9. The summed E-state index contributed by atoms with van der Waals surface area (Å²) >= 11 is 0. The number of esters is 5. The molecule has 3 aliphatic heterocycles. The zero-order chi connectivity index (χ0) is 74.8. The third kappa shape index (κ3) is 25.3. The van der Waals surface area contributed by atoms with Crippen molar-refractivity contribution >= 4 is 47.6 Å². The molecule has 0 spiro atoms. The summed E-state index contributed by atoms with van der Waals surface area (Å²) in [5, 5.41) is 18.0. The fraction of sp³-hybridized carbons (Fsp3) is 0.453. The van der Waals surface area contributed by atoms with Gasteiger partial charge in [-0.2, -0.15) is 0 Å². The predicted molar refractivity (Wildman–Crippen MR) is 372 cm³/mol. The minimum Gasteiger partial charge on any atom is -0.503 e. The average molecular weight is 1450 g/mol. The van der Waals surface area contributed by atoms with Gasteiger partial charge in [-0.1, -0.05) is 91.0 Å². The smallest absolute Gasteiger partial charge is 0.337 e. The summed E-state index contributed by atoms with van der Waals surface area (Å²) in [5.74, 6) is -5.35. The summed E-state index contributed by atoms with van der Waals surface area (Å²) in [7, 11) is 4.14. The second-order valence-electron chi connectivity index (χ2n) is 24.1. The molecule has 9 rings (SSSR count). The van der Waals surface area contributed by atoms with Crippen molar-refractivity contribution < 1.29 is 110 Å². The first-order chi connectivity index (χ1) is 50.3. The number of benzene rings is 3. The van der Waals surface area contributed by atoms with Gasteiger partial charge in [0, 0.05) is 107 Å². The SMILES string of the molecule is CCOCC(=O)OCOc1c(OC)ccnc1C(=O)N[C@H]1CCOC[C@@H](Cc2ccccc2)[C@H](C)OC1=O.CCOCC(=O)Oc1c(OC)ccnc1C(=O)N[C@H]1CCOC[C@@H](Cc2ccccc2)[C@H](C)OC1=O.COc1ccnc(C(=O)N[C@H]2CCOC[C@@H](Cc3ccccc3)[C@H](C)OC2=O)c1O. The maximum absolute atomic E-state index is 13.2. The Kier molecular flexibility index (Phi) is 33.4. The van der Waals surface area contributed by atoms with Crippen LogP contribution in [0.15, 0.2) is 128 Å². The highest BCUT2D eigenvalue weighted by molar-refractivity contribution is 6.00. The van der Waals surface area contributed by atoms with Crippen molar-refractivity contribution in [2.45, 2.75) is 110 Å². The van der Waals surface area contributed by atoms with E-state index in [9.17, 15) is 43.5 Å². The molecule has 0 bridgehead atoms. The largest absolute Gasteiger partial charge is 0.503 e. The number of aromatic nitrogens is 3. The minimum absolute atomic E-state index is 0.00472. The van der Waals surface area contributed by atoms with Gasteiger partial charge in [0.05, 0.1) is 41.2 Å². The molecule has 0 aliphatic carbocycles.